The lowest BCUT2D eigenvalue weighted by molar-refractivity contribution is 0.0793. The van der Waals surface area contributed by atoms with Gasteiger partial charge in [-0.05, 0) is 50.5 Å². The van der Waals surface area contributed by atoms with E-state index in [0.29, 0.717) is 12.5 Å². The Morgan fingerprint density at radius 3 is 2.33 bits per heavy atom. The van der Waals surface area contributed by atoms with Crippen LogP contribution in [0.5, 0.6) is 0 Å². The number of nitrogens with zero attached hydrogens (tertiary/aromatic N) is 6. The molecule has 4 aromatic rings. The van der Waals surface area contributed by atoms with E-state index in [4.69, 9.17) is 5.10 Å². The number of benzene rings is 3. The average molecular weight is 477 g/mol. The van der Waals surface area contributed by atoms with E-state index in [-0.39, 0.29) is 5.91 Å². The van der Waals surface area contributed by atoms with Crippen LogP contribution in [0.2, 0.25) is 0 Å². The van der Waals surface area contributed by atoms with E-state index in [2.05, 4.69) is 58.1 Å². The van der Waals surface area contributed by atoms with Crippen molar-refractivity contribution >= 4 is 17.6 Å². The van der Waals surface area contributed by atoms with Crippen molar-refractivity contribution in [2.75, 3.05) is 18.1 Å². The Hall–Kier alpha value is -4.26. The van der Waals surface area contributed by atoms with Crippen molar-refractivity contribution in [2.24, 2.45) is 5.10 Å². The molecule has 0 bridgehead atoms. The van der Waals surface area contributed by atoms with Crippen LogP contribution in [0.3, 0.4) is 0 Å². The highest BCUT2D eigenvalue weighted by atomic mass is 16.2. The Kier molecular flexibility index (Phi) is 5.60. The zero-order valence-corrected chi connectivity index (χ0v) is 20.6. The lowest BCUT2D eigenvalue weighted by Crippen LogP contribution is -2.27. The zero-order chi connectivity index (χ0) is 24.6. The number of hydrogen-bond acceptors (Lipinski definition) is 5. The van der Waals surface area contributed by atoms with Crippen LogP contribution in [-0.4, -0.2) is 44.4 Å². The van der Waals surface area contributed by atoms with E-state index in [1.54, 1.807) is 0 Å². The number of aryl methyl sites for hydroxylation is 2. The number of anilines is 1. The molecule has 0 aliphatic carbocycles. The quantitative estimate of drug-likeness (QED) is 0.421. The van der Waals surface area contributed by atoms with Gasteiger partial charge in [-0.25, -0.2) is 5.01 Å². The van der Waals surface area contributed by atoms with Crippen molar-refractivity contribution in [3.05, 3.63) is 106 Å². The Balaban J connectivity index is 1.40. The molecule has 7 heteroatoms. The number of fused-ring (bicyclic) bond motifs is 3. The van der Waals surface area contributed by atoms with Gasteiger partial charge in [0.25, 0.3) is 11.9 Å². The molecule has 3 aromatic carbocycles. The van der Waals surface area contributed by atoms with Gasteiger partial charge < -0.3 is 4.90 Å². The summed E-state index contributed by atoms with van der Waals surface area (Å²) in [7, 11) is 0. The summed E-state index contributed by atoms with van der Waals surface area (Å²) in [6, 6.07) is 24.5. The van der Waals surface area contributed by atoms with Crippen LogP contribution in [0, 0.1) is 13.8 Å². The van der Waals surface area contributed by atoms with Gasteiger partial charge in [-0.3, -0.25) is 9.36 Å². The second-order valence-corrected chi connectivity index (χ2v) is 9.47. The largest absolute Gasteiger partial charge is 0.339 e. The average Bonchev–Trinajstić information content (AvgIpc) is 3.55. The molecular formula is C29H28N6O. The molecule has 7 nitrogen and oxygen atoms in total. The normalized spacial score (nSPS) is 14.8. The molecule has 0 saturated carbocycles. The van der Waals surface area contributed by atoms with Crippen LogP contribution in [-0.2, 0) is 6.54 Å². The molecule has 180 valence electrons. The van der Waals surface area contributed by atoms with E-state index in [9.17, 15) is 4.79 Å². The van der Waals surface area contributed by atoms with Crippen LogP contribution in [0.1, 0.15) is 51.3 Å². The van der Waals surface area contributed by atoms with Gasteiger partial charge in [0.2, 0.25) is 0 Å². The molecule has 2 aliphatic heterocycles. The maximum Gasteiger partial charge on any atom is 0.253 e. The Bertz CT molecular complexity index is 1450. The van der Waals surface area contributed by atoms with Gasteiger partial charge in [-0.2, -0.15) is 5.10 Å². The van der Waals surface area contributed by atoms with Gasteiger partial charge >= 0.3 is 0 Å². The van der Waals surface area contributed by atoms with Gasteiger partial charge in [0.05, 0.1) is 12.2 Å². The van der Waals surface area contributed by atoms with Crippen molar-refractivity contribution in [3.63, 3.8) is 0 Å². The smallest absolute Gasteiger partial charge is 0.253 e. The lowest BCUT2D eigenvalue weighted by Gasteiger charge is -2.19. The SMILES string of the molecule is Cc1ccc(C2=NN(Cc3ccc(C(=O)N4CCCC4)cc3)c3nnc(C)n3-c3ccccc32)cc1. The first kappa shape index (κ1) is 22.2. The van der Waals surface area contributed by atoms with E-state index < -0.39 is 0 Å². The van der Waals surface area contributed by atoms with Crippen LogP contribution < -0.4 is 5.01 Å². The molecule has 0 spiro atoms. The molecule has 1 aromatic heterocycles. The van der Waals surface area contributed by atoms with Crippen LogP contribution >= 0.6 is 0 Å². The minimum atomic E-state index is 0.110. The lowest BCUT2D eigenvalue weighted by atomic mass is 9.99. The number of carbonyl (C=O) groups excluding carboxylic acids is 1. The van der Waals surface area contributed by atoms with Crippen molar-refractivity contribution in [3.8, 4) is 5.69 Å². The Morgan fingerprint density at radius 1 is 0.861 bits per heavy atom. The summed E-state index contributed by atoms with van der Waals surface area (Å²) in [6.45, 7) is 6.24. The third-order valence-corrected chi connectivity index (χ3v) is 6.91. The fourth-order valence-electron chi connectivity index (χ4n) is 4.95. The molecule has 0 N–H and O–H groups in total. The van der Waals surface area contributed by atoms with E-state index in [1.807, 2.05) is 53.2 Å². The third-order valence-electron chi connectivity index (χ3n) is 6.91. The summed E-state index contributed by atoms with van der Waals surface area (Å²) in [5, 5.41) is 15.9. The molecule has 2 aliphatic rings. The van der Waals surface area contributed by atoms with Crippen LogP contribution in [0.15, 0.2) is 77.9 Å². The highest BCUT2D eigenvalue weighted by Gasteiger charge is 2.26. The van der Waals surface area contributed by atoms with Crippen molar-refractivity contribution in [1.82, 2.24) is 19.7 Å². The van der Waals surface area contributed by atoms with Crippen molar-refractivity contribution < 1.29 is 4.79 Å². The molecule has 1 amide bonds. The van der Waals surface area contributed by atoms with Crippen molar-refractivity contribution in [2.45, 2.75) is 33.2 Å². The minimum Gasteiger partial charge on any atom is -0.339 e. The maximum atomic E-state index is 12.8. The van der Waals surface area contributed by atoms with Crippen LogP contribution in [0.4, 0.5) is 5.95 Å². The number of amides is 1. The maximum absolute atomic E-state index is 12.8. The molecule has 0 radical (unpaired) electrons. The van der Waals surface area contributed by atoms with Gasteiger partial charge in [0.1, 0.15) is 11.5 Å². The molecule has 1 saturated heterocycles. The third kappa shape index (κ3) is 3.96. The predicted molar refractivity (Wildman–Crippen MR) is 141 cm³/mol. The number of hydrazone groups is 1. The highest BCUT2D eigenvalue weighted by molar-refractivity contribution is 6.15. The first-order valence-electron chi connectivity index (χ1n) is 12.4. The minimum absolute atomic E-state index is 0.110. The second-order valence-electron chi connectivity index (χ2n) is 9.47. The number of aromatic nitrogens is 3. The molecule has 3 heterocycles. The monoisotopic (exact) mass is 476 g/mol. The molecule has 0 unspecified atom stereocenters. The van der Waals surface area contributed by atoms with Crippen molar-refractivity contribution in [1.29, 1.82) is 0 Å². The number of hydrogen-bond donors (Lipinski definition) is 0. The standard InChI is InChI=1S/C29H28N6O/c1-20-9-13-23(14-10-20)27-25-7-3-4-8-26(25)35-21(2)30-31-29(35)34(32-27)19-22-11-15-24(16-12-22)28(36)33-17-5-6-18-33/h3-4,7-16H,5-6,17-19H2,1-2H3. The summed E-state index contributed by atoms with van der Waals surface area (Å²) in [4.78, 5) is 14.7. The number of carbonyl (C=O) groups is 1. The predicted octanol–water partition coefficient (Wildman–Crippen LogP) is 4.89. The number of rotatable bonds is 4. The van der Waals surface area contributed by atoms with Gasteiger partial charge in [-0.15, -0.1) is 10.2 Å². The fraction of sp³-hybridized carbons (Fsp3) is 0.241. The first-order valence-corrected chi connectivity index (χ1v) is 12.4. The Morgan fingerprint density at radius 2 is 1.58 bits per heavy atom. The first-order chi connectivity index (χ1) is 17.6. The topological polar surface area (TPSA) is 66.6 Å². The summed E-state index contributed by atoms with van der Waals surface area (Å²) in [6.07, 6.45) is 2.17. The molecule has 1 fully saturated rings. The molecule has 36 heavy (non-hydrogen) atoms. The van der Waals surface area contributed by atoms with E-state index >= 15 is 0 Å². The fourth-order valence-corrected chi connectivity index (χ4v) is 4.95. The second kappa shape index (κ2) is 9.07. The summed E-state index contributed by atoms with van der Waals surface area (Å²) < 4.78 is 2.06. The molecular weight excluding hydrogens is 448 g/mol. The number of likely N-dealkylation sites (tertiary alicyclic amines) is 1. The summed E-state index contributed by atoms with van der Waals surface area (Å²) >= 11 is 0. The van der Waals surface area contributed by atoms with Gasteiger partial charge in [0.15, 0.2) is 0 Å². The molecule has 0 atom stereocenters. The summed E-state index contributed by atoms with van der Waals surface area (Å²) in [5.74, 6) is 1.58. The van der Waals surface area contributed by atoms with Gasteiger partial charge in [-0.1, -0.05) is 60.2 Å². The zero-order valence-electron chi connectivity index (χ0n) is 20.6. The molecule has 6 rings (SSSR count). The highest BCUT2D eigenvalue weighted by Crippen LogP contribution is 2.30. The summed E-state index contributed by atoms with van der Waals surface area (Å²) in [5.41, 5.74) is 6.93. The van der Waals surface area contributed by atoms with E-state index in [0.717, 1.165) is 65.4 Å². The number of para-hydroxylation sites is 1. The van der Waals surface area contributed by atoms with Crippen LogP contribution in [0.25, 0.3) is 5.69 Å². The Labute approximate surface area is 210 Å². The van der Waals surface area contributed by atoms with Gasteiger partial charge in [0, 0.05) is 29.8 Å². The van der Waals surface area contributed by atoms with E-state index in [1.165, 1.54) is 5.56 Å².